The van der Waals surface area contributed by atoms with Crippen LogP contribution in [0.3, 0.4) is 0 Å². The maximum atomic E-state index is 3.98. The summed E-state index contributed by atoms with van der Waals surface area (Å²) in [6.07, 6.45) is 8.29. The Labute approximate surface area is 73.6 Å². The molecular weight excluding hydrogens is 148 g/mol. The largest absolute Gasteiger partial charge is 0.197 e. The molecule has 12 heavy (non-hydrogen) atoms. The first kappa shape index (κ1) is 8.86. The van der Waals surface area contributed by atoms with E-state index >= 15 is 0 Å². The van der Waals surface area contributed by atoms with E-state index in [1.54, 1.807) is 10.9 Å². The van der Waals surface area contributed by atoms with E-state index in [0.717, 1.165) is 6.42 Å². The van der Waals surface area contributed by atoms with Crippen molar-refractivity contribution in [3.63, 3.8) is 0 Å². The molecule has 1 rings (SSSR count). The third kappa shape index (κ3) is 3.25. The van der Waals surface area contributed by atoms with Crippen LogP contribution in [0.15, 0.2) is 18.5 Å². The average Bonchev–Trinajstić information content (AvgIpc) is 2.57. The Bertz CT molecular complexity index is 251. The molecule has 0 fully saturated rings. The SMILES string of the molecule is CCCCCC#Cn1cccn1. The normalized spacial score (nSPS) is 9.08. The van der Waals surface area contributed by atoms with E-state index in [1.807, 2.05) is 12.3 Å². The Balaban J connectivity index is 2.21. The summed E-state index contributed by atoms with van der Waals surface area (Å²) in [5.74, 6) is 3.07. The second-order valence-electron chi connectivity index (χ2n) is 2.70. The van der Waals surface area contributed by atoms with Crippen LogP contribution in [-0.4, -0.2) is 9.78 Å². The zero-order valence-electron chi connectivity index (χ0n) is 7.45. The average molecular weight is 162 g/mol. The van der Waals surface area contributed by atoms with Gasteiger partial charge in [-0.25, -0.2) is 0 Å². The number of hydrogen-bond acceptors (Lipinski definition) is 1. The van der Waals surface area contributed by atoms with E-state index in [2.05, 4.69) is 24.0 Å². The zero-order valence-corrected chi connectivity index (χ0v) is 7.45. The van der Waals surface area contributed by atoms with E-state index in [-0.39, 0.29) is 0 Å². The van der Waals surface area contributed by atoms with Crippen LogP contribution in [0, 0.1) is 12.0 Å². The van der Waals surface area contributed by atoms with Crippen molar-refractivity contribution in [3.8, 4) is 12.0 Å². The highest BCUT2D eigenvalue weighted by Crippen LogP contribution is 1.96. The smallest absolute Gasteiger partial charge is 0.0501 e. The van der Waals surface area contributed by atoms with Gasteiger partial charge in [0.25, 0.3) is 0 Å². The van der Waals surface area contributed by atoms with Crippen molar-refractivity contribution in [2.75, 3.05) is 0 Å². The van der Waals surface area contributed by atoms with Gasteiger partial charge in [-0.3, -0.25) is 0 Å². The van der Waals surface area contributed by atoms with Crippen molar-refractivity contribution in [3.05, 3.63) is 18.5 Å². The number of rotatable bonds is 3. The van der Waals surface area contributed by atoms with Crippen LogP contribution in [-0.2, 0) is 0 Å². The lowest BCUT2D eigenvalue weighted by Crippen LogP contribution is -1.86. The van der Waals surface area contributed by atoms with Crippen LogP contribution >= 0.6 is 0 Å². The molecule has 1 aromatic rings. The molecule has 0 N–H and O–H groups in total. The molecule has 0 spiro atoms. The molecule has 0 atom stereocenters. The summed E-state index contributed by atoms with van der Waals surface area (Å²) in [6.45, 7) is 2.20. The summed E-state index contributed by atoms with van der Waals surface area (Å²) < 4.78 is 1.64. The molecule has 0 aliphatic carbocycles. The second-order valence-corrected chi connectivity index (χ2v) is 2.70. The van der Waals surface area contributed by atoms with Gasteiger partial charge in [-0.15, -0.1) is 0 Å². The lowest BCUT2D eigenvalue weighted by molar-refractivity contribution is 0.736. The molecule has 0 aliphatic rings. The van der Waals surface area contributed by atoms with Gasteiger partial charge < -0.3 is 0 Å². The summed E-state index contributed by atoms with van der Waals surface area (Å²) in [6, 6.07) is 4.81. The topological polar surface area (TPSA) is 17.8 Å². The Morgan fingerprint density at radius 2 is 2.33 bits per heavy atom. The summed E-state index contributed by atoms with van der Waals surface area (Å²) in [7, 11) is 0. The Morgan fingerprint density at radius 3 is 3.00 bits per heavy atom. The van der Waals surface area contributed by atoms with Crippen LogP contribution in [0.4, 0.5) is 0 Å². The maximum Gasteiger partial charge on any atom is 0.0501 e. The molecule has 0 bridgehead atoms. The molecule has 0 aromatic carbocycles. The third-order valence-corrected chi connectivity index (χ3v) is 1.60. The summed E-state index contributed by atoms with van der Waals surface area (Å²) in [5.41, 5.74) is 0. The first-order valence-electron chi connectivity index (χ1n) is 4.42. The molecule has 0 unspecified atom stereocenters. The van der Waals surface area contributed by atoms with Gasteiger partial charge >= 0.3 is 0 Å². The summed E-state index contributed by atoms with van der Waals surface area (Å²) in [5, 5.41) is 3.98. The van der Waals surface area contributed by atoms with Gasteiger partial charge in [-0.1, -0.05) is 25.7 Å². The Hall–Kier alpha value is -1.23. The van der Waals surface area contributed by atoms with Crippen molar-refractivity contribution >= 4 is 0 Å². The van der Waals surface area contributed by atoms with Crippen LogP contribution in [0.5, 0.6) is 0 Å². The lowest BCUT2D eigenvalue weighted by atomic mass is 10.2. The fourth-order valence-electron chi connectivity index (χ4n) is 0.935. The summed E-state index contributed by atoms with van der Waals surface area (Å²) in [4.78, 5) is 0. The number of unbranched alkanes of at least 4 members (excludes halogenated alkanes) is 3. The van der Waals surface area contributed by atoms with Crippen LogP contribution in [0.25, 0.3) is 0 Å². The molecule has 0 amide bonds. The minimum absolute atomic E-state index is 0.980. The Kier molecular flexibility index (Phi) is 4.01. The van der Waals surface area contributed by atoms with Gasteiger partial charge in [0, 0.05) is 18.7 Å². The number of aromatic nitrogens is 2. The molecule has 64 valence electrons. The van der Waals surface area contributed by atoms with Crippen LogP contribution < -0.4 is 0 Å². The monoisotopic (exact) mass is 162 g/mol. The van der Waals surface area contributed by atoms with Crippen molar-refractivity contribution in [2.45, 2.75) is 32.6 Å². The van der Waals surface area contributed by atoms with Crippen molar-refractivity contribution < 1.29 is 0 Å². The highest BCUT2D eigenvalue weighted by atomic mass is 15.2. The number of hydrogen-bond donors (Lipinski definition) is 0. The maximum absolute atomic E-state index is 3.98. The van der Waals surface area contributed by atoms with Gasteiger partial charge in [-0.2, -0.15) is 9.78 Å². The second kappa shape index (κ2) is 5.42. The first-order chi connectivity index (χ1) is 5.93. The Morgan fingerprint density at radius 1 is 1.42 bits per heavy atom. The van der Waals surface area contributed by atoms with Crippen molar-refractivity contribution in [1.82, 2.24) is 9.78 Å². The molecule has 0 saturated carbocycles. The van der Waals surface area contributed by atoms with Gasteiger partial charge in [0.05, 0.1) is 6.20 Å². The highest BCUT2D eigenvalue weighted by molar-refractivity contribution is 5.01. The summed E-state index contributed by atoms with van der Waals surface area (Å²) >= 11 is 0. The van der Waals surface area contributed by atoms with E-state index in [0.29, 0.717) is 0 Å². The van der Waals surface area contributed by atoms with Gasteiger partial charge in [0.15, 0.2) is 0 Å². The van der Waals surface area contributed by atoms with Gasteiger partial charge in [-0.05, 0) is 12.5 Å². The molecular formula is C10H14N2. The molecule has 0 aliphatic heterocycles. The van der Waals surface area contributed by atoms with Crippen LogP contribution in [0.1, 0.15) is 32.6 Å². The van der Waals surface area contributed by atoms with Crippen molar-refractivity contribution in [2.24, 2.45) is 0 Å². The molecule has 2 nitrogen and oxygen atoms in total. The predicted octanol–water partition coefficient (Wildman–Crippen LogP) is 2.27. The minimum Gasteiger partial charge on any atom is -0.197 e. The van der Waals surface area contributed by atoms with E-state index in [4.69, 9.17) is 0 Å². The molecule has 0 saturated heterocycles. The first-order valence-corrected chi connectivity index (χ1v) is 4.42. The van der Waals surface area contributed by atoms with Crippen LogP contribution in [0.2, 0.25) is 0 Å². The van der Waals surface area contributed by atoms with E-state index in [1.165, 1.54) is 19.3 Å². The quantitative estimate of drug-likeness (QED) is 0.492. The fourth-order valence-corrected chi connectivity index (χ4v) is 0.935. The fraction of sp³-hybridized carbons (Fsp3) is 0.500. The van der Waals surface area contributed by atoms with E-state index in [9.17, 15) is 0 Å². The molecule has 0 radical (unpaired) electrons. The molecule has 1 heterocycles. The molecule has 1 aromatic heterocycles. The zero-order chi connectivity index (χ0) is 8.65. The predicted molar refractivity (Wildman–Crippen MR) is 49.5 cm³/mol. The highest BCUT2D eigenvalue weighted by Gasteiger charge is 1.81. The van der Waals surface area contributed by atoms with Gasteiger partial charge in [0.1, 0.15) is 0 Å². The minimum atomic E-state index is 0.980. The van der Waals surface area contributed by atoms with E-state index < -0.39 is 0 Å². The standard InChI is InChI=1S/C10H14N2/c1-2-3-4-5-6-9-12-10-7-8-11-12/h7-8,10H,2-5H2,1H3. The van der Waals surface area contributed by atoms with Gasteiger partial charge in [0.2, 0.25) is 0 Å². The third-order valence-electron chi connectivity index (χ3n) is 1.60. The lowest BCUT2D eigenvalue weighted by Gasteiger charge is -1.88. The molecule has 2 heteroatoms. The number of nitrogens with zero attached hydrogens (tertiary/aromatic N) is 2. The van der Waals surface area contributed by atoms with Crippen molar-refractivity contribution in [1.29, 1.82) is 0 Å².